The van der Waals surface area contributed by atoms with Crippen molar-refractivity contribution in [3.63, 3.8) is 0 Å². The highest BCUT2D eigenvalue weighted by atomic mass is 16.5. The number of hydrogen-bond donors (Lipinski definition) is 0. The van der Waals surface area contributed by atoms with Gasteiger partial charge in [-0.25, -0.2) is 0 Å². The summed E-state index contributed by atoms with van der Waals surface area (Å²) in [6.45, 7) is 5.26. The summed E-state index contributed by atoms with van der Waals surface area (Å²) in [4.78, 5) is 14.2. The number of ether oxygens (including phenoxy) is 1. The van der Waals surface area contributed by atoms with Gasteiger partial charge in [0.2, 0.25) is 0 Å². The molecule has 1 aromatic rings. The van der Waals surface area contributed by atoms with Crippen LogP contribution in [0.1, 0.15) is 24.4 Å². The third kappa shape index (κ3) is 2.30. The van der Waals surface area contributed by atoms with Crippen molar-refractivity contribution in [1.82, 2.24) is 4.90 Å². The zero-order valence-electron chi connectivity index (χ0n) is 11.0. The summed E-state index contributed by atoms with van der Waals surface area (Å²) in [5.74, 6) is 0.419. The molecule has 0 N–H and O–H groups in total. The predicted octanol–water partition coefficient (Wildman–Crippen LogP) is 2.55. The molecule has 0 amide bonds. The largest absolute Gasteiger partial charge is 0.462 e. The van der Waals surface area contributed by atoms with Gasteiger partial charge in [-0.05, 0) is 24.3 Å². The molecule has 3 heteroatoms. The Kier molecular flexibility index (Phi) is 3.38. The number of esters is 1. The Hall–Kier alpha value is -1.61. The monoisotopic (exact) mass is 257 g/mol. The van der Waals surface area contributed by atoms with Crippen LogP contribution in [0.5, 0.6) is 0 Å². The van der Waals surface area contributed by atoms with E-state index in [0.29, 0.717) is 12.5 Å². The number of hydrogen-bond acceptors (Lipinski definition) is 3. The van der Waals surface area contributed by atoms with E-state index < -0.39 is 0 Å². The van der Waals surface area contributed by atoms with Gasteiger partial charge in [-0.15, -0.1) is 6.58 Å². The Labute approximate surface area is 113 Å². The Bertz CT molecular complexity index is 471. The molecule has 3 rings (SSSR count). The minimum Gasteiger partial charge on any atom is -0.462 e. The van der Waals surface area contributed by atoms with Gasteiger partial charge in [0.15, 0.2) is 0 Å². The molecule has 3 nitrogen and oxygen atoms in total. The summed E-state index contributed by atoms with van der Waals surface area (Å²) in [7, 11) is 0. The zero-order chi connectivity index (χ0) is 13.2. The lowest BCUT2D eigenvalue weighted by Gasteiger charge is -2.45. The van der Waals surface area contributed by atoms with Crippen LogP contribution in [0.25, 0.3) is 0 Å². The van der Waals surface area contributed by atoms with Crippen molar-refractivity contribution in [3.05, 3.63) is 48.6 Å². The number of fused-ring (bicyclic) bond motifs is 1. The lowest BCUT2D eigenvalue weighted by molar-refractivity contribution is -0.166. The zero-order valence-corrected chi connectivity index (χ0v) is 11.0. The van der Waals surface area contributed by atoms with Gasteiger partial charge in [0, 0.05) is 6.54 Å². The topological polar surface area (TPSA) is 29.5 Å². The van der Waals surface area contributed by atoms with Crippen LogP contribution in [-0.4, -0.2) is 30.1 Å². The summed E-state index contributed by atoms with van der Waals surface area (Å²) >= 11 is 0. The van der Waals surface area contributed by atoms with Crippen LogP contribution < -0.4 is 0 Å². The molecule has 2 aliphatic heterocycles. The first-order chi connectivity index (χ1) is 9.29. The molecule has 2 heterocycles. The first-order valence-electron chi connectivity index (χ1n) is 6.89. The Morgan fingerprint density at radius 2 is 2.00 bits per heavy atom. The molecule has 0 aromatic heterocycles. The maximum absolute atomic E-state index is 11.9. The molecule has 0 aliphatic carbocycles. The summed E-state index contributed by atoms with van der Waals surface area (Å²) in [5.41, 5.74) is 1.23. The molecule has 0 bridgehead atoms. The van der Waals surface area contributed by atoms with E-state index in [9.17, 15) is 4.79 Å². The summed E-state index contributed by atoms with van der Waals surface area (Å²) in [5, 5.41) is 0. The van der Waals surface area contributed by atoms with E-state index in [0.717, 1.165) is 19.4 Å². The number of morpholine rings is 1. The van der Waals surface area contributed by atoms with Gasteiger partial charge in [0.1, 0.15) is 12.6 Å². The average Bonchev–Trinajstić information content (AvgIpc) is 2.48. The van der Waals surface area contributed by atoms with E-state index in [4.69, 9.17) is 4.74 Å². The second-order valence-corrected chi connectivity index (χ2v) is 5.34. The minimum atomic E-state index is -0.0739. The van der Waals surface area contributed by atoms with Gasteiger partial charge in [-0.2, -0.15) is 0 Å². The fraction of sp³-hybridized carbons (Fsp3) is 0.438. The van der Waals surface area contributed by atoms with Gasteiger partial charge in [0.05, 0.1) is 6.04 Å². The van der Waals surface area contributed by atoms with E-state index in [2.05, 4.69) is 23.6 Å². The molecule has 0 saturated carbocycles. The fourth-order valence-electron chi connectivity index (χ4n) is 3.13. The van der Waals surface area contributed by atoms with Crippen LogP contribution >= 0.6 is 0 Å². The molecule has 1 aromatic carbocycles. The van der Waals surface area contributed by atoms with Gasteiger partial charge in [-0.3, -0.25) is 9.69 Å². The smallest absolute Gasteiger partial charge is 0.323 e. The summed E-state index contributed by atoms with van der Waals surface area (Å²) in [6.07, 6.45) is 3.92. The quantitative estimate of drug-likeness (QED) is 0.602. The lowest BCUT2D eigenvalue weighted by atomic mass is 9.89. The number of cyclic esters (lactones) is 1. The molecule has 3 atom stereocenters. The highest BCUT2D eigenvalue weighted by Crippen LogP contribution is 2.35. The normalized spacial score (nSPS) is 31.4. The highest BCUT2D eigenvalue weighted by Gasteiger charge is 2.41. The number of nitrogens with zero attached hydrogens (tertiary/aromatic N) is 1. The maximum atomic E-state index is 11.9. The van der Waals surface area contributed by atoms with Crippen LogP contribution in [0.3, 0.4) is 0 Å². The average molecular weight is 257 g/mol. The third-order valence-electron chi connectivity index (χ3n) is 4.23. The van der Waals surface area contributed by atoms with Crippen molar-refractivity contribution in [1.29, 1.82) is 0 Å². The van der Waals surface area contributed by atoms with Crippen molar-refractivity contribution >= 4 is 5.97 Å². The van der Waals surface area contributed by atoms with Crippen LogP contribution in [0.4, 0.5) is 0 Å². The molecule has 2 saturated heterocycles. The van der Waals surface area contributed by atoms with E-state index in [1.54, 1.807) is 0 Å². The lowest BCUT2D eigenvalue weighted by Crippen LogP contribution is -2.54. The maximum Gasteiger partial charge on any atom is 0.323 e. The van der Waals surface area contributed by atoms with E-state index in [1.165, 1.54) is 5.56 Å². The molecule has 19 heavy (non-hydrogen) atoms. The third-order valence-corrected chi connectivity index (χ3v) is 4.23. The molecular formula is C16H19NO2. The van der Waals surface area contributed by atoms with Gasteiger partial charge < -0.3 is 4.74 Å². The van der Waals surface area contributed by atoms with Crippen LogP contribution in [0.2, 0.25) is 0 Å². The summed E-state index contributed by atoms with van der Waals surface area (Å²) in [6, 6.07) is 10.4. The first-order valence-corrected chi connectivity index (χ1v) is 6.89. The molecular weight excluding hydrogens is 238 g/mol. The van der Waals surface area contributed by atoms with Crippen LogP contribution in [0, 0.1) is 5.92 Å². The molecule has 2 fully saturated rings. The molecule has 100 valence electrons. The van der Waals surface area contributed by atoms with Crippen LogP contribution in [0.15, 0.2) is 43.0 Å². The number of rotatable bonds is 2. The molecule has 0 unspecified atom stereocenters. The van der Waals surface area contributed by atoms with E-state index >= 15 is 0 Å². The van der Waals surface area contributed by atoms with E-state index in [-0.39, 0.29) is 18.1 Å². The number of piperidine rings is 1. The Morgan fingerprint density at radius 1 is 1.21 bits per heavy atom. The van der Waals surface area contributed by atoms with Gasteiger partial charge in [0.25, 0.3) is 0 Å². The fourth-order valence-corrected chi connectivity index (χ4v) is 3.13. The van der Waals surface area contributed by atoms with Crippen LogP contribution in [-0.2, 0) is 9.53 Å². The Morgan fingerprint density at radius 3 is 2.74 bits per heavy atom. The SMILES string of the molecule is C=C[C@H]1CC[C@@H]2C(=O)OC[C@@H](c3ccccc3)N2C1. The van der Waals surface area contributed by atoms with Crippen molar-refractivity contribution in [3.8, 4) is 0 Å². The van der Waals surface area contributed by atoms with Crippen molar-refractivity contribution in [2.75, 3.05) is 13.2 Å². The summed E-state index contributed by atoms with van der Waals surface area (Å²) < 4.78 is 5.38. The predicted molar refractivity (Wildman–Crippen MR) is 73.6 cm³/mol. The molecule has 0 spiro atoms. The van der Waals surface area contributed by atoms with E-state index in [1.807, 2.05) is 24.3 Å². The molecule has 0 radical (unpaired) electrons. The molecule has 2 aliphatic rings. The van der Waals surface area contributed by atoms with Crippen molar-refractivity contribution in [2.24, 2.45) is 5.92 Å². The highest BCUT2D eigenvalue weighted by molar-refractivity contribution is 5.76. The number of carbonyl (C=O) groups is 1. The van der Waals surface area contributed by atoms with Crippen molar-refractivity contribution in [2.45, 2.75) is 24.9 Å². The minimum absolute atomic E-state index is 0.0605. The van der Waals surface area contributed by atoms with Gasteiger partial charge >= 0.3 is 5.97 Å². The second kappa shape index (κ2) is 5.17. The Balaban J connectivity index is 1.88. The standard InChI is InChI=1S/C16H19NO2/c1-2-12-8-9-14-16(18)19-11-15(17(14)10-12)13-6-4-3-5-7-13/h2-7,12,14-15H,1,8-11H2/t12-,14+,15-/m0/s1. The van der Waals surface area contributed by atoms with Crippen molar-refractivity contribution < 1.29 is 9.53 Å². The second-order valence-electron chi connectivity index (χ2n) is 5.34. The first kappa shape index (κ1) is 12.4. The number of benzene rings is 1. The number of carbonyl (C=O) groups excluding carboxylic acids is 1. The van der Waals surface area contributed by atoms with Gasteiger partial charge in [-0.1, -0.05) is 36.4 Å².